The zero-order chi connectivity index (χ0) is 23.0. The van der Waals surface area contributed by atoms with Gasteiger partial charge in [-0.05, 0) is 54.6 Å². The van der Waals surface area contributed by atoms with Crippen LogP contribution in [0.2, 0.25) is 0 Å². The molecule has 0 fully saturated rings. The second-order valence-corrected chi connectivity index (χ2v) is 7.76. The molecule has 166 valence electrons. The van der Waals surface area contributed by atoms with Crippen LogP contribution in [0.15, 0.2) is 77.4 Å². The van der Waals surface area contributed by atoms with Gasteiger partial charge in [-0.15, -0.1) is 11.8 Å². The van der Waals surface area contributed by atoms with Crippen LogP contribution in [0, 0.1) is 0 Å². The van der Waals surface area contributed by atoms with Gasteiger partial charge >= 0.3 is 0 Å². The lowest BCUT2D eigenvalue weighted by atomic mass is 10.2. The minimum Gasteiger partial charge on any atom is -0.497 e. The number of nitrogens with one attached hydrogen (secondary N) is 1. The first-order valence-electron chi connectivity index (χ1n) is 10.1. The lowest BCUT2D eigenvalue weighted by molar-refractivity contribution is 0.414. The van der Waals surface area contributed by atoms with Gasteiger partial charge in [-0.25, -0.2) is 9.97 Å². The van der Waals surface area contributed by atoms with Crippen LogP contribution in [0.3, 0.4) is 0 Å². The largest absolute Gasteiger partial charge is 0.497 e. The van der Waals surface area contributed by atoms with E-state index in [-0.39, 0.29) is 0 Å². The van der Waals surface area contributed by atoms with Crippen LogP contribution in [0.5, 0.6) is 11.5 Å². The van der Waals surface area contributed by atoms with Crippen LogP contribution < -0.4 is 14.8 Å². The van der Waals surface area contributed by atoms with Gasteiger partial charge < -0.3 is 14.8 Å². The van der Waals surface area contributed by atoms with Crippen molar-refractivity contribution in [2.75, 3.05) is 25.4 Å². The summed E-state index contributed by atoms with van der Waals surface area (Å²) in [6.45, 7) is 3.70. The van der Waals surface area contributed by atoms with Crippen LogP contribution in [0.4, 0.5) is 5.82 Å². The molecule has 0 saturated carbocycles. The summed E-state index contributed by atoms with van der Waals surface area (Å²) in [6, 6.07) is 17.3. The van der Waals surface area contributed by atoms with Gasteiger partial charge in [0.05, 0.1) is 31.3 Å². The monoisotopic (exact) mass is 457 g/mol. The van der Waals surface area contributed by atoms with E-state index in [2.05, 4.69) is 22.0 Å². The van der Waals surface area contributed by atoms with E-state index < -0.39 is 0 Å². The van der Waals surface area contributed by atoms with Gasteiger partial charge in [-0.1, -0.05) is 12.1 Å². The Labute approximate surface area is 196 Å². The molecule has 2 aromatic carbocycles. The van der Waals surface area contributed by atoms with Crippen molar-refractivity contribution in [1.29, 1.82) is 0 Å². The highest BCUT2D eigenvalue weighted by molar-refractivity contribution is 8.02. The van der Waals surface area contributed by atoms with Crippen molar-refractivity contribution < 1.29 is 9.47 Å². The molecule has 0 aliphatic heterocycles. The van der Waals surface area contributed by atoms with Crippen molar-refractivity contribution in [3.05, 3.63) is 78.0 Å². The molecule has 0 aliphatic rings. The van der Waals surface area contributed by atoms with Gasteiger partial charge in [0.15, 0.2) is 5.82 Å². The molecule has 0 atom stereocenters. The number of nitrogens with zero attached hydrogens (tertiary/aromatic N) is 4. The van der Waals surface area contributed by atoms with Gasteiger partial charge in [0.25, 0.3) is 0 Å². The first kappa shape index (κ1) is 22.3. The van der Waals surface area contributed by atoms with Crippen molar-refractivity contribution >= 4 is 40.9 Å². The zero-order valence-corrected chi connectivity index (χ0v) is 19.2. The highest BCUT2D eigenvalue weighted by Gasteiger charge is 2.11. The smallest absolute Gasteiger partial charge is 0.163 e. The Morgan fingerprint density at radius 2 is 1.91 bits per heavy atom. The number of fused-ring (bicyclic) bond motifs is 1. The van der Waals surface area contributed by atoms with Gasteiger partial charge in [0.1, 0.15) is 17.3 Å². The minimum absolute atomic E-state index is 0.568. The first-order valence-corrected chi connectivity index (χ1v) is 11.2. The SMILES string of the molecule is C=N/C(=C\SCNc1nc(-c2cccnc2)nc2ccc(OC)cc12)c1cccc(OC)c1. The summed E-state index contributed by atoms with van der Waals surface area (Å²) < 4.78 is 10.7. The minimum atomic E-state index is 0.568. The third-order valence-corrected chi connectivity index (χ3v) is 5.58. The number of anilines is 1. The second kappa shape index (κ2) is 10.6. The molecule has 33 heavy (non-hydrogen) atoms. The van der Waals surface area contributed by atoms with E-state index in [0.29, 0.717) is 17.5 Å². The van der Waals surface area contributed by atoms with Crippen molar-refractivity contribution in [3.8, 4) is 22.9 Å². The number of thioether (sulfide) groups is 1. The number of aromatic nitrogens is 3. The van der Waals surface area contributed by atoms with E-state index in [0.717, 1.165) is 39.2 Å². The van der Waals surface area contributed by atoms with E-state index in [1.807, 2.05) is 60.0 Å². The van der Waals surface area contributed by atoms with Crippen molar-refractivity contribution in [3.63, 3.8) is 0 Å². The predicted molar refractivity (Wildman–Crippen MR) is 136 cm³/mol. The molecule has 7 nitrogen and oxygen atoms in total. The summed E-state index contributed by atoms with van der Waals surface area (Å²) in [5.74, 6) is 3.40. The lowest BCUT2D eigenvalue weighted by Crippen LogP contribution is -2.03. The molecule has 2 aromatic heterocycles. The quantitative estimate of drug-likeness (QED) is 0.202. The summed E-state index contributed by atoms with van der Waals surface area (Å²) in [6.07, 6.45) is 3.48. The van der Waals surface area contributed by atoms with Crippen LogP contribution in [0.1, 0.15) is 5.56 Å². The Morgan fingerprint density at radius 3 is 2.67 bits per heavy atom. The van der Waals surface area contributed by atoms with E-state index >= 15 is 0 Å². The van der Waals surface area contributed by atoms with Crippen molar-refractivity contribution in [2.45, 2.75) is 0 Å². The number of pyridine rings is 1. The van der Waals surface area contributed by atoms with Crippen molar-refractivity contribution in [1.82, 2.24) is 15.0 Å². The number of ether oxygens (including phenoxy) is 2. The third kappa shape index (κ3) is 5.30. The summed E-state index contributed by atoms with van der Waals surface area (Å²) in [7, 11) is 3.28. The fourth-order valence-electron chi connectivity index (χ4n) is 3.20. The zero-order valence-electron chi connectivity index (χ0n) is 18.4. The fourth-order valence-corrected chi connectivity index (χ4v) is 3.87. The Hall–Kier alpha value is -3.91. The Morgan fingerprint density at radius 1 is 1.06 bits per heavy atom. The molecule has 4 aromatic rings. The second-order valence-electron chi connectivity index (χ2n) is 6.90. The van der Waals surface area contributed by atoms with E-state index in [9.17, 15) is 0 Å². The molecule has 0 spiro atoms. The number of hydrogen-bond donors (Lipinski definition) is 1. The van der Waals surface area contributed by atoms with Gasteiger partial charge in [0, 0.05) is 28.9 Å². The predicted octanol–water partition coefficient (Wildman–Crippen LogP) is 5.51. The topological polar surface area (TPSA) is 81.5 Å². The Balaban J connectivity index is 1.59. The maximum Gasteiger partial charge on any atom is 0.163 e. The number of rotatable bonds is 9. The van der Waals surface area contributed by atoms with E-state index in [4.69, 9.17) is 19.4 Å². The molecule has 0 saturated heterocycles. The van der Waals surface area contributed by atoms with Gasteiger partial charge in [-0.2, -0.15) is 0 Å². The first-order chi connectivity index (χ1) is 16.2. The van der Waals surface area contributed by atoms with Crippen LogP contribution in [-0.4, -0.2) is 41.8 Å². The molecule has 8 heteroatoms. The maximum atomic E-state index is 5.39. The molecule has 1 N–H and O–H groups in total. The Kier molecular flexibility index (Phi) is 7.16. The molecule has 2 heterocycles. The average molecular weight is 458 g/mol. The summed E-state index contributed by atoms with van der Waals surface area (Å²) in [5, 5.41) is 6.24. The molecular weight excluding hydrogens is 434 g/mol. The van der Waals surface area contributed by atoms with Crippen LogP contribution in [0.25, 0.3) is 28.0 Å². The number of aliphatic imine (C=N–C) groups is 1. The van der Waals surface area contributed by atoms with Crippen LogP contribution in [-0.2, 0) is 0 Å². The fraction of sp³-hybridized carbons (Fsp3) is 0.120. The average Bonchev–Trinajstić information content (AvgIpc) is 2.88. The third-order valence-electron chi connectivity index (χ3n) is 4.88. The molecule has 0 radical (unpaired) electrons. The summed E-state index contributed by atoms with van der Waals surface area (Å²) in [5.41, 5.74) is 3.37. The molecule has 0 amide bonds. The summed E-state index contributed by atoms with van der Waals surface area (Å²) in [4.78, 5) is 17.8. The number of benzene rings is 2. The molecule has 0 bridgehead atoms. The lowest BCUT2D eigenvalue weighted by Gasteiger charge is -2.11. The summed E-state index contributed by atoms with van der Waals surface area (Å²) >= 11 is 1.56. The van der Waals surface area contributed by atoms with Crippen LogP contribution >= 0.6 is 11.8 Å². The molecule has 4 rings (SSSR count). The molecular formula is C25H23N5O2S. The maximum absolute atomic E-state index is 5.39. The standard InChI is InChI=1S/C25H23N5O2S/c1-26-23(17-6-4-8-19(12-17)31-2)15-33-16-28-25-21-13-20(32-3)9-10-22(21)29-24(30-25)18-7-5-11-27-14-18/h4-15H,1,16H2,2-3H3,(H,28,29,30)/b23-15-. The molecule has 0 unspecified atom stereocenters. The van der Waals surface area contributed by atoms with E-state index in [1.165, 1.54) is 0 Å². The Bertz CT molecular complexity index is 1290. The van der Waals surface area contributed by atoms with Gasteiger partial charge in [-0.3, -0.25) is 9.98 Å². The molecule has 0 aliphatic carbocycles. The number of hydrogen-bond acceptors (Lipinski definition) is 8. The van der Waals surface area contributed by atoms with Crippen molar-refractivity contribution in [2.24, 2.45) is 4.99 Å². The highest BCUT2D eigenvalue weighted by Crippen LogP contribution is 2.29. The van der Waals surface area contributed by atoms with Gasteiger partial charge in [0.2, 0.25) is 0 Å². The number of methoxy groups -OCH3 is 2. The highest BCUT2D eigenvalue weighted by atomic mass is 32.2. The normalized spacial score (nSPS) is 11.3. The van der Waals surface area contributed by atoms with E-state index in [1.54, 1.807) is 38.4 Å².